The van der Waals surface area contributed by atoms with Crippen LogP contribution in [0.25, 0.3) is 10.9 Å². The third-order valence-corrected chi connectivity index (χ3v) is 24.4. The number of guanidine groups is 1. The highest BCUT2D eigenvalue weighted by atomic mass is 16.5. The van der Waals surface area contributed by atoms with Crippen molar-refractivity contribution in [3.63, 3.8) is 0 Å². The second kappa shape index (κ2) is 67.0. The number of allylic oxidation sites excluding steroid dienone is 1. The molecule has 44 nitrogen and oxygen atoms in total. The van der Waals surface area contributed by atoms with E-state index in [0.29, 0.717) is 75.6 Å². The zero-order valence-corrected chi connectivity index (χ0v) is 82.1. The van der Waals surface area contributed by atoms with Gasteiger partial charge in [0.1, 0.15) is 66.8 Å². The molecule has 0 unspecified atom stereocenters. The van der Waals surface area contributed by atoms with Crippen LogP contribution >= 0.6 is 0 Å². The summed E-state index contributed by atoms with van der Waals surface area (Å²) in [4.78, 5) is 226. The Morgan fingerprint density at radius 2 is 1.22 bits per heavy atom. The van der Waals surface area contributed by atoms with Crippen LogP contribution in [0.1, 0.15) is 250 Å². The number of carbonyl (C=O) groups is 16. The first kappa shape index (κ1) is 117. The van der Waals surface area contributed by atoms with Crippen molar-refractivity contribution in [2.24, 2.45) is 38.8 Å². The molecule has 0 saturated carbocycles. The van der Waals surface area contributed by atoms with Gasteiger partial charge in [0.15, 0.2) is 17.6 Å². The number of hydrogen-bond donors (Lipinski definition) is 20. The van der Waals surface area contributed by atoms with Crippen LogP contribution in [0, 0.1) is 5.92 Å². The average molecular weight is 1970 g/mol. The number of ketones is 2. The molecule has 141 heavy (non-hydrogen) atoms. The number of nitrogens with two attached hydrogens (primary N) is 4. The van der Waals surface area contributed by atoms with Gasteiger partial charge in [-0.2, -0.15) is 5.21 Å². The summed E-state index contributed by atoms with van der Waals surface area (Å²) in [5.74, 6) is -9.53. The molecule has 7 rings (SSSR count). The first-order valence-electron chi connectivity index (χ1n) is 49.7. The number of nitrogens with zero attached hydrogens (tertiary/aromatic N) is 6. The summed E-state index contributed by atoms with van der Waals surface area (Å²) in [5, 5.41) is 67.2. The predicted molar refractivity (Wildman–Crippen MR) is 526 cm³/mol. The molecular formula is C97H152N24O20. The number of aryl methyl sites for hydroxylation is 1. The fourth-order valence-corrected chi connectivity index (χ4v) is 16.3. The van der Waals surface area contributed by atoms with Gasteiger partial charge in [0, 0.05) is 126 Å². The molecule has 2 fully saturated rings. The maximum atomic E-state index is 14.4. The van der Waals surface area contributed by atoms with Crippen LogP contribution in [-0.2, 0) is 105 Å². The van der Waals surface area contributed by atoms with E-state index in [4.69, 9.17) is 32.4 Å². The Balaban J connectivity index is 0.000000443. The molecule has 3 aliphatic rings. The molecule has 2 aromatic carbocycles. The monoisotopic (exact) mass is 1970 g/mol. The molecule has 2 aromatic heterocycles. The summed E-state index contributed by atoms with van der Waals surface area (Å²) >= 11 is 0. The Morgan fingerprint density at radius 1 is 0.610 bits per heavy atom. The van der Waals surface area contributed by atoms with E-state index in [1.54, 1.807) is 55.7 Å². The van der Waals surface area contributed by atoms with E-state index in [9.17, 15) is 86.9 Å². The summed E-state index contributed by atoms with van der Waals surface area (Å²) in [6.45, 7) is 4.08. The molecule has 5 heterocycles. The van der Waals surface area contributed by atoms with Crippen LogP contribution < -0.4 is 86.7 Å². The largest absolute Gasteiger partial charge is 0.394 e. The molecule has 0 spiro atoms. The molecule has 0 bridgehead atoms. The maximum absolute atomic E-state index is 14.4. The van der Waals surface area contributed by atoms with E-state index in [2.05, 4.69) is 99.4 Å². The molecule has 12 atom stereocenters. The van der Waals surface area contributed by atoms with Crippen LogP contribution in [-0.4, -0.2) is 286 Å². The number of aliphatic hydroxyl groups excluding tert-OH is 2. The molecule has 2 saturated heterocycles. The number of rotatable bonds is 57. The van der Waals surface area contributed by atoms with Gasteiger partial charge in [0.05, 0.1) is 45.1 Å². The van der Waals surface area contributed by atoms with Crippen LogP contribution in [0.2, 0.25) is 0 Å². The molecule has 14 amide bonds. The Labute approximate surface area is 823 Å². The van der Waals surface area contributed by atoms with Gasteiger partial charge in [-0.05, 0) is 101 Å². The zero-order chi connectivity index (χ0) is 103. The summed E-state index contributed by atoms with van der Waals surface area (Å²) in [7, 11) is 1.44. The number of H-pyrrole nitrogens is 2. The topological polar surface area (TPSA) is 679 Å². The second-order valence-corrected chi connectivity index (χ2v) is 35.9. The van der Waals surface area contributed by atoms with Crippen molar-refractivity contribution in [3.05, 3.63) is 89.5 Å². The van der Waals surface area contributed by atoms with Gasteiger partial charge in [0.2, 0.25) is 82.7 Å². The molecule has 44 heteroatoms. The highest BCUT2D eigenvalue weighted by molar-refractivity contribution is 6.00. The number of aliphatic imine (C=N–C) groups is 2. The van der Waals surface area contributed by atoms with Crippen molar-refractivity contribution in [2.45, 2.75) is 318 Å². The summed E-state index contributed by atoms with van der Waals surface area (Å²) in [5.41, 5.74) is 24.9. The number of para-hydroxylation sites is 1. The molecule has 0 radical (unpaired) electrons. The van der Waals surface area contributed by atoms with Crippen LogP contribution in [0.15, 0.2) is 82.6 Å². The number of unbranched alkanes of at least 4 members (excludes halogenated alkanes) is 13. The number of likely N-dealkylation sites (N-methyl/N-ethyl adjacent to an activating group) is 1. The number of aromatic nitrogens is 5. The normalized spacial score (nSPS) is 18.9. The van der Waals surface area contributed by atoms with E-state index >= 15 is 0 Å². The fourth-order valence-electron chi connectivity index (χ4n) is 16.3. The van der Waals surface area contributed by atoms with Gasteiger partial charge in [-0.15, -0.1) is 10.2 Å². The van der Waals surface area contributed by atoms with Crippen LogP contribution in [0.3, 0.4) is 0 Å². The lowest BCUT2D eigenvalue weighted by Gasteiger charge is -2.29. The smallest absolute Gasteiger partial charge is 0.246 e. The highest BCUT2D eigenvalue weighted by Crippen LogP contribution is 2.26. The first-order chi connectivity index (χ1) is 67.9. The third-order valence-electron chi connectivity index (χ3n) is 24.4. The minimum Gasteiger partial charge on any atom is -0.394 e. The molecule has 0 aliphatic carbocycles. The number of primary amides is 1. The predicted octanol–water partition coefficient (Wildman–Crippen LogP) is 1.02. The number of hydrogen-bond acceptors (Lipinski definition) is 26. The molecule has 780 valence electrons. The van der Waals surface area contributed by atoms with E-state index in [1.807, 2.05) is 31.2 Å². The summed E-state index contributed by atoms with van der Waals surface area (Å²) in [6.07, 6.45) is 25.5. The minimum atomic E-state index is -1.62. The number of carbonyl (C=O) groups excluding carboxylic acids is 16. The lowest BCUT2D eigenvalue weighted by atomic mass is 9.98. The Kier molecular flexibility index (Phi) is 55.6. The number of aliphatic hydroxyl groups is 2. The number of tetrazole rings is 1. The Morgan fingerprint density at radius 3 is 1.87 bits per heavy atom. The molecule has 4 aromatic rings. The number of benzene rings is 2. The van der Waals surface area contributed by atoms with Crippen LogP contribution in [0.5, 0.6) is 0 Å². The molecule has 24 N–H and O–H groups in total. The number of fused-ring (bicyclic) bond motifs is 2. The summed E-state index contributed by atoms with van der Waals surface area (Å²) < 4.78 is 10.8. The SMILES string of the molecule is CC(=O)[C@@H]1CCCCCC(=O)CC[C@H](C)C(=O)N2C[C@H](O)C[C@H]2C(=O)N[C@H](Cc2ccccc2)C(=O)N[C@@H](CCCN=C(N)N)C(=O)N[C@@H](Cc2c[nH]c3ccccc23)C(=O)N1.CCCC[C@H](NC(=O)[C@H](CCCN)NC(=O)[C@H](CC1=CCC=N1)NC(=O)[C@H](CCC(N)=O)NC(=O)[C@H](CO)NC(=O)CNC(=O)COCCOCCNC(=O)CCCCCCCCCCCCCCCc1nn[nH]n1)C(=O)NC. The van der Waals surface area contributed by atoms with Gasteiger partial charge in [-0.3, -0.25) is 86.7 Å². The Bertz CT molecular complexity index is 4690. The number of nitrogens with one attached hydrogen (secondary N) is 14. The number of aromatic amines is 2. The number of amides is 14. The second-order valence-electron chi connectivity index (χ2n) is 35.9. The van der Waals surface area contributed by atoms with E-state index < -0.39 is 163 Å². The highest BCUT2D eigenvalue weighted by Gasteiger charge is 2.43. The van der Waals surface area contributed by atoms with E-state index in [-0.39, 0.29) is 146 Å². The maximum Gasteiger partial charge on any atom is 0.246 e. The Hall–Kier alpha value is -12.5. The lowest BCUT2D eigenvalue weighted by molar-refractivity contribution is -0.142. The number of ether oxygens (including phenoxy) is 2. The van der Waals surface area contributed by atoms with Crippen molar-refractivity contribution in [2.75, 3.05) is 72.8 Å². The van der Waals surface area contributed by atoms with Crippen molar-refractivity contribution < 1.29 is 96.4 Å². The fraction of sp³-hybridized carbons (Fsp3) is 0.639. The van der Waals surface area contributed by atoms with Crippen molar-refractivity contribution >= 4 is 117 Å². The first-order valence-corrected chi connectivity index (χ1v) is 49.7. The van der Waals surface area contributed by atoms with E-state index in [1.165, 1.54) is 76.7 Å². The van der Waals surface area contributed by atoms with Crippen molar-refractivity contribution in [3.8, 4) is 0 Å². The quantitative estimate of drug-likeness (QED) is 0.0167. The molecular weight excluding hydrogens is 1820 g/mol. The van der Waals surface area contributed by atoms with Crippen LogP contribution in [0.4, 0.5) is 0 Å². The third kappa shape index (κ3) is 46.2. The van der Waals surface area contributed by atoms with Gasteiger partial charge in [-0.25, -0.2) is 0 Å². The van der Waals surface area contributed by atoms with Gasteiger partial charge in [-0.1, -0.05) is 170 Å². The van der Waals surface area contributed by atoms with Gasteiger partial charge >= 0.3 is 0 Å². The van der Waals surface area contributed by atoms with Gasteiger partial charge in [0.25, 0.3) is 0 Å². The minimum absolute atomic E-state index is 0.0144. The van der Waals surface area contributed by atoms with Crippen molar-refractivity contribution in [1.29, 1.82) is 0 Å². The lowest BCUT2D eigenvalue weighted by Crippen LogP contribution is -2.59. The standard InChI is InChI=1S/C52H91N15O12.C45H61N9O8/c1-3-4-21-38(48(73)55-2)60-49(74)39(22-18-27-53)61-51(76)41(33-37-20-19-28-56-37)63-50(75)40(25-26-43(54)69)62-52(77)42(35-68)59-46(71)34-58-47(72)36-79-32-31-78-30-29-57-45(70)24-17-15-13-11-9-7-5-6-8-10-12-14-16-23-44-64-66-67-65-44;1-27-19-20-31(56)14-7-4-8-16-34(28(2)55)50-42(60)38(23-30-25-49-35-17-10-9-15-33(30)35)52-40(58)36(18-11-21-48-45(46)47)51-41(59)37(22-29-12-5-3-6-13-29)53-43(61)39-24-32(57)26-54(39)44(27)62/h20,28,38-42,68H,3-19,21-27,29-36,53H2,1-2H3,(H2,54,69)(H,55,73)(H,57,70)(H,58,72)(H,59,71)(H,60,74)(H,61,76)(H,62,77)(H,63,75)(H,64,65,66,67);3,5-6,9-10,12-13,15,17,25,27,32,34,36-39,49,57H,4,7-8,11,14,16,18-24,26H2,1-2H3,(H,50,60)(H,51,59)(H,52,58)(H,53,61)(H4,46,47,48)/t38-,39-,40-,41-,42-;27-,32+,34-,36-,37+,38-,39-/m00/s1. The summed E-state index contributed by atoms with van der Waals surface area (Å²) in [6, 6.07) is 4.28. The van der Waals surface area contributed by atoms with E-state index in [0.717, 1.165) is 60.8 Å². The average Bonchev–Trinajstić information content (AvgIpc) is 1.69. The number of Topliss-reactive ketones (excluding diaryl/α,β-unsaturated/α-hetero) is 2. The zero-order valence-electron chi connectivity index (χ0n) is 82.1. The van der Waals surface area contributed by atoms with Crippen molar-refractivity contribution in [1.82, 2.24) is 94.3 Å². The van der Waals surface area contributed by atoms with Gasteiger partial charge < -0.3 is 116 Å². The molecule has 3 aliphatic heterocycles.